The van der Waals surface area contributed by atoms with E-state index in [0.29, 0.717) is 64.9 Å². The van der Waals surface area contributed by atoms with Crippen molar-refractivity contribution in [2.45, 2.75) is 47.0 Å². The second-order valence-corrected chi connectivity index (χ2v) is 15.5. The number of carbonyl (C=O) groups excluding carboxylic acids is 8. The molecule has 71 heavy (non-hydrogen) atoms. The first-order chi connectivity index (χ1) is 33.5. The SMILES string of the molecule is C.CC(=O)Nc1cc(C(=O)NCCc2ccc(O)cc2)cc(C(=O)Nc2ccccc2)c1.CC(=O)ON1C(=O)CCC1=O.Nc1cc(C(=O)NCCc2ccc(O)cc2)cc(C(=O)Nc2ccccc2)c1. The van der Waals surface area contributed by atoms with Crippen LogP contribution in [0.15, 0.2) is 146 Å². The number of anilines is 4. The normalized spacial score (nSPS) is 11.2. The lowest BCUT2D eigenvalue weighted by molar-refractivity contribution is -0.195. The number of nitrogens with two attached hydrogens (primary N) is 1. The van der Waals surface area contributed by atoms with Crippen LogP contribution in [0, 0.1) is 0 Å². The Kier molecular flexibility index (Phi) is 20.5. The summed E-state index contributed by atoms with van der Waals surface area (Å²) in [5.74, 6) is -2.88. The Morgan fingerprint density at radius 3 is 1.30 bits per heavy atom. The van der Waals surface area contributed by atoms with Crippen LogP contribution < -0.4 is 32.3 Å². The maximum absolute atomic E-state index is 12.7. The Labute approximate surface area is 410 Å². The predicted octanol–water partition coefficient (Wildman–Crippen LogP) is 7.02. The molecule has 0 unspecified atom stereocenters. The van der Waals surface area contributed by atoms with Gasteiger partial charge in [0.2, 0.25) is 5.91 Å². The number of carbonyl (C=O) groups is 8. The lowest BCUT2D eigenvalue weighted by atomic mass is 10.1. The number of amides is 7. The Hall–Kier alpha value is -9.32. The number of nitrogens with zero attached hydrogens (tertiary/aromatic N) is 1. The monoisotopic (exact) mass is 965 g/mol. The Morgan fingerprint density at radius 2 is 0.901 bits per heavy atom. The van der Waals surface area contributed by atoms with E-state index in [2.05, 4.69) is 31.4 Å². The Morgan fingerprint density at radius 1 is 0.521 bits per heavy atom. The van der Waals surface area contributed by atoms with Crippen molar-refractivity contribution in [2.24, 2.45) is 0 Å². The molecule has 6 aromatic rings. The van der Waals surface area contributed by atoms with Crippen molar-refractivity contribution in [3.05, 3.63) is 179 Å². The number of nitrogen functional groups attached to an aromatic ring is 1. The van der Waals surface area contributed by atoms with Gasteiger partial charge in [0.25, 0.3) is 35.4 Å². The molecule has 0 bridgehead atoms. The molecule has 0 saturated carbocycles. The van der Waals surface area contributed by atoms with Gasteiger partial charge in [-0.1, -0.05) is 68.1 Å². The zero-order chi connectivity index (χ0) is 50.6. The number of para-hydroxylation sites is 2. The molecule has 1 fully saturated rings. The van der Waals surface area contributed by atoms with E-state index in [-0.39, 0.29) is 66.5 Å². The number of rotatable bonds is 14. The minimum absolute atomic E-state index is 0. The second-order valence-electron chi connectivity index (χ2n) is 15.5. The van der Waals surface area contributed by atoms with E-state index in [0.717, 1.165) is 18.1 Å². The first-order valence-corrected chi connectivity index (χ1v) is 21.8. The smallest absolute Gasteiger partial charge is 0.330 e. The molecule has 1 aliphatic rings. The van der Waals surface area contributed by atoms with Gasteiger partial charge in [0.15, 0.2) is 0 Å². The summed E-state index contributed by atoms with van der Waals surface area (Å²) in [6.07, 6.45) is 1.46. The van der Waals surface area contributed by atoms with Crippen molar-refractivity contribution in [3.63, 3.8) is 0 Å². The molecule has 9 N–H and O–H groups in total. The third-order valence-corrected chi connectivity index (χ3v) is 9.82. The summed E-state index contributed by atoms with van der Waals surface area (Å²) in [4.78, 5) is 97.9. The lowest BCUT2D eigenvalue weighted by Crippen LogP contribution is -2.30. The number of benzene rings is 6. The average Bonchev–Trinajstić information content (AvgIpc) is 3.65. The van der Waals surface area contributed by atoms with Gasteiger partial charge < -0.3 is 47.4 Å². The summed E-state index contributed by atoms with van der Waals surface area (Å²) in [7, 11) is 0. The van der Waals surface area contributed by atoms with E-state index >= 15 is 0 Å². The van der Waals surface area contributed by atoms with Gasteiger partial charge in [0.05, 0.1) is 0 Å². The molecule has 6 aromatic carbocycles. The van der Waals surface area contributed by atoms with Gasteiger partial charge in [0.1, 0.15) is 11.5 Å². The minimum atomic E-state index is -0.659. The highest BCUT2D eigenvalue weighted by Crippen LogP contribution is 2.19. The van der Waals surface area contributed by atoms with Gasteiger partial charge in [-0.3, -0.25) is 33.6 Å². The minimum Gasteiger partial charge on any atom is -0.508 e. The molecule has 0 aliphatic carbocycles. The van der Waals surface area contributed by atoms with Crippen molar-refractivity contribution in [3.8, 4) is 11.5 Å². The van der Waals surface area contributed by atoms with Crippen LogP contribution in [0.1, 0.15) is 86.7 Å². The van der Waals surface area contributed by atoms with Gasteiger partial charge in [-0.25, -0.2) is 4.79 Å². The van der Waals surface area contributed by atoms with Crippen LogP contribution in [0.4, 0.5) is 22.7 Å². The summed E-state index contributed by atoms with van der Waals surface area (Å²) in [6, 6.07) is 40.7. The van der Waals surface area contributed by atoms with E-state index in [1.54, 1.807) is 84.9 Å². The fourth-order valence-electron chi connectivity index (χ4n) is 6.49. The summed E-state index contributed by atoms with van der Waals surface area (Å²) in [5, 5.41) is 32.9. The third kappa shape index (κ3) is 18.0. The molecule has 1 heterocycles. The molecule has 0 radical (unpaired) electrons. The molecule has 0 aromatic heterocycles. The second kappa shape index (κ2) is 26.9. The summed E-state index contributed by atoms with van der Waals surface area (Å²) >= 11 is 0. The fourth-order valence-corrected chi connectivity index (χ4v) is 6.49. The molecular weight excluding hydrogens is 911 g/mol. The van der Waals surface area contributed by atoms with Gasteiger partial charge in [-0.2, -0.15) is 0 Å². The van der Waals surface area contributed by atoms with Crippen LogP contribution >= 0.6 is 0 Å². The van der Waals surface area contributed by atoms with E-state index in [1.807, 2.05) is 24.3 Å². The zero-order valence-electron chi connectivity index (χ0n) is 38.2. The molecule has 368 valence electrons. The number of phenols is 2. The van der Waals surface area contributed by atoms with Crippen LogP contribution in [0.5, 0.6) is 11.5 Å². The van der Waals surface area contributed by atoms with Gasteiger partial charge in [-0.05, 0) is 109 Å². The van der Waals surface area contributed by atoms with Gasteiger partial charge in [0, 0.05) is 84.8 Å². The summed E-state index contributed by atoms with van der Waals surface area (Å²) in [6.45, 7) is 3.29. The van der Waals surface area contributed by atoms with Crippen LogP contribution in [-0.2, 0) is 36.9 Å². The maximum atomic E-state index is 12.7. The van der Waals surface area contributed by atoms with Gasteiger partial charge in [-0.15, -0.1) is 5.06 Å². The number of imide groups is 1. The topological polar surface area (TPSA) is 276 Å². The van der Waals surface area contributed by atoms with Gasteiger partial charge >= 0.3 is 5.97 Å². The highest BCUT2D eigenvalue weighted by Gasteiger charge is 2.32. The van der Waals surface area contributed by atoms with Crippen molar-refractivity contribution < 1.29 is 53.4 Å². The first-order valence-electron chi connectivity index (χ1n) is 21.8. The quantitative estimate of drug-likeness (QED) is 0.0404. The summed E-state index contributed by atoms with van der Waals surface area (Å²) < 4.78 is 0. The van der Waals surface area contributed by atoms with Crippen LogP contribution in [0.3, 0.4) is 0 Å². The van der Waals surface area contributed by atoms with Crippen LogP contribution in [0.2, 0.25) is 0 Å². The van der Waals surface area contributed by atoms with E-state index in [1.165, 1.54) is 43.3 Å². The maximum Gasteiger partial charge on any atom is 0.330 e. The number of nitrogens with one attached hydrogen (secondary N) is 5. The molecular formula is C53H55N7O11. The standard InChI is InChI=1S/C24H23N3O4.C22H21N3O3.C6H7NO4.CH4/c1-16(28)26-21-14-18(23(30)25-12-11-17-7-9-22(29)10-8-17)13-19(15-21)24(31)27-20-5-3-2-4-6-20;23-18-13-16(21(27)24-11-10-15-6-8-20(26)9-7-15)12-17(14-18)22(28)25-19-4-2-1-3-5-19;1-4(8)11-7-5(9)2-3-6(7)10;/h2-10,13-15,29H,11-12H2,1H3,(H,25,30)(H,26,28)(H,27,31);1-9,12-14,26H,10-11,23H2,(H,24,27)(H,25,28);2-3H2,1H3;1H4. The molecule has 7 rings (SSSR count). The molecule has 18 nitrogen and oxygen atoms in total. The van der Waals surface area contributed by atoms with E-state index in [9.17, 15) is 48.6 Å². The third-order valence-electron chi connectivity index (χ3n) is 9.82. The predicted molar refractivity (Wildman–Crippen MR) is 268 cm³/mol. The van der Waals surface area contributed by atoms with Crippen molar-refractivity contribution in [2.75, 3.05) is 34.8 Å². The van der Waals surface area contributed by atoms with Crippen molar-refractivity contribution >= 4 is 70.1 Å². The number of aromatic hydroxyl groups is 2. The molecule has 1 saturated heterocycles. The van der Waals surface area contributed by atoms with Crippen LogP contribution in [0.25, 0.3) is 0 Å². The highest BCUT2D eigenvalue weighted by molar-refractivity contribution is 6.08. The van der Waals surface area contributed by atoms with E-state index in [4.69, 9.17) is 5.73 Å². The number of hydrogen-bond donors (Lipinski definition) is 8. The van der Waals surface area contributed by atoms with E-state index < -0.39 is 23.7 Å². The zero-order valence-corrected chi connectivity index (χ0v) is 38.2. The first kappa shape index (κ1) is 54.3. The lowest BCUT2D eigenvalue weighted by Gasteiger charge is -2.11. The Bertz CT molecular complexity index is 2810. The largest absolute Gasteiger partial charge is 0.508 e. The number of hydrogen-bond acceptors (Lipinski definition) is 12. The Balaban J connectivity index is 0.000000252. The highest BCUT2D eigenvalue weighted by atomic mass is 16.7. The number of hydroxylamine groups is 2. The molecule has 0 spiro atoms. The average molecular weight is 966 g/mol. The van der Waals surface area contributed by atoms with Crippen molar-refractivity contribution in [1.82, 2.24) is 15.7 Å². The molecule has 0 atom stereocenters. The summed E-state index contributed by atoms with van der Waals surface area (Å²) in [5.41, 5.74) is 11.0. The molecule has 18 heteroatoms. The fraction of sp³-hybridized carbons (Fsp3) is 0.170. The molecule has 1 aliphatic heterocycles. The number of phenolic OH excluding ortho intramolecular Hbond substituents is 2. The molecule has 7 amide bonds. The van der Waals surface area contributed by atoms with Crippen LogP contribution in [-0.4, -0.2) is 75.7 Å². The van der Waals surface area contributed by atoms with Crippen molar-refractivity contribution in [1.29, 1.82) is 0 Å².